The Morgan fingerprint density at radius 1 is 1.10 bits per heavy atom. The minimum atomic E-state index is 0.293. The van der Waals surface area contributed by atoms with E-state index in [0.29, 0.717) is 23.0 Å². The minimum absolute atomic E-state index is 0.293. The third kappa shape index (κ3) is 4.73. The molecule has 0 aliphatic carbocycles. The lowest BCUT2D eigenvalue weighted by Gasteiger charge is -2.52. The molecular weight excluding hydrogens is 244 g/mol. The minimum Gasteiger partial charge on any atom is -0.314 e. The largest absolute Gasteiger partial charge is 0.314 e. The number of nitrogens with one attached hydrogen (secondary N) is 1. The molecule has 2 nitrogen and oxygen atoms in total. The van der Waals surface area contributed by atoms with Gasteiger partial charge in [-0.1, -0.05) is 34.6 Å². The van der Waals surface area contributed by atoms with Crippen LogP contribution in [-0.4, -0.2) is 35.6 Å². The van der Waals surface area contributed by atoms with Crippen LogP contribution in [-0.2, 0) is 0 Å². The normalized spacial score (nSPS) is 29.7. The van der Waals surface area contributed by atoms with Crippen LogP contribution in [0.25, 0.3) is 0 Å². The van der Waals surface area contributed by atoms with E-state index in [9.17, 15) is 0 Å². The van der Waals surface area contributed by atoms with Gasteiger partial charge in [0.2, 0.25) is 0 Å². The second kappa shape index (κ2) is 6.79. The van der Waals surface area contributed by atoms with Crippen LogP contribution < -0.4 is 5.32 Å². The molecule has 1 N–H and O–H groups in total. The molecule has 0 bridgehead atoms. The summed E-state index contributed by atoms with van der Waals surface area (Å²) in [5, 5.41) is 3.75. The van der Waals surface area contributed by atoms with Crippen molar-refractivity contribution in [3.63, 3.8) is 0 Å². The van der Waals surface area contributed by atoms with Gasteiger partial charge in [-0.15, -0.1) is 0 Å². The van der Waals surface area contributed by atoms with Gasteiger partial charge in [-0.2, -0.15) is 0 Å². The van der Waals surface area contributed by atoms with Crippen LogP contribution in [0.2, 0.25) is 0 Å². The van der Waals surface area contributed by atoms with E-state index in [2.05, 4.69) is 65.6 Å². The molecule has 1 saturated heterocycles. The quantitative estimate of drug-likeness (QED) is 0.809. The SMILES string of the molecule is CCCNC1CCN(C(C)(C)CC(C)(C)C)C(C)C1C. The number of hydrogen-bond acceptors (Lipinski definition) is 2. The highest BCUT2D eigenvalue weighted by Gasteiger charge is 2.40. The van der Waals surface area contributed by atoms with E-state index in [4.69, 9.17) is 0 Å². The van der Waals surface area contributed by atoms with Crippen LogP contribution in [0.3, 0.4) is 0 Å². The maximum atomic E-state index is 3.75. The van der Waals surface area contributed by atoms with Gasteiger partial charge in [-0.3, -0.25) is 4.90 Å². The van der Waals surface area contributed by atoms with Crippen molar-refractivity contribution < 1.29 is 0 Å². The van der Waals surface area contributed by atoms with E-state index in [0.717, 1.165) is 12.5 Å². The van der Waals surface area contributed by atoms with Gasteiger partial charge in [-0.25, -0.2) is 0 Å². The summed E-state index contributed by atoms with van der Waals surface area (Å²) in [5.74, 6) is 0.731. The van der Waals surface area contributed by atoms with Crippen LogP contribution in [0, 0.1) is 11.3 Å². The van der Waals surface area contributed by atoms with Crippen molar-refractivity contribution in [2.75, 3.05) is 13.1 Å². The highest BCUT2D eigenvalue weighted by molar-refractivity contribution is 4.96. The van der Waals surface area contributed by atoms with E-state index >= 15 is 0 Å². The van der Waals surface area contributed by atoms with Gasteiger partial charge >= 0.3 is 0 Å². The fourth-order valence-corrected chi connectivity index (χ4v) is 4.24. The smallest absolute Gasteiger partial charge is 0.0161 e. The number of likely N-dealkylation sites (tertiary alicyclic amines) is 1. The Balaban J connectivity index is 2.70. The second-order valence-electron chi connectivity index (χ2n) is 8.69. The van der Waals surface area contributed by atoms with Gasteiger partial charge in [0.15, 0.2) is 0 Å². The molecule has 120 valence electrons. The Morgan fingerprint density at radius 2 is 1.70 bits per heavy atom. The number of rotatable bonds is 5. The highest BCUT2D eigenvalue weighted by atomic mass is 15.2. The van der Waals surface area contributed by atoms with Gasteiger partial charge in [0.1, 0.15) is 0 Å². The molecule has 0 saturated carbocycles. The van der Waals surface area contributed by atoms with E-state index in [1.165, 1.54) is 25.8 Å². The summed E-state index contributed by atoms with van der Waals surface area (Å²) >= 11 is 0. The summed E-state index contributed by atoms with van der Waals surface area (Å²) < 4.78 is 0. The van der Waals surface area contributed by atoms with E-state index in [1.807, 2.05) is 0 Å². The monoisotopic (exact) mass is 282 g/mol. The summed E-state index contributed by atoms with van der Waals surface area (Å²) in [6.07, 6.45) is 3.78. The maximum Gasteiger partial charge on any atom is 0.0161 e. The molecule has 0 aromatic rings. The van der Waals surface area contributed by atoms with Crippen LogP contribution in [0.4, 0.5) is 0 Å². The first kappa shape index (κ1) is 18.0. The van der Waals surface area contributed by atoms with Crippen LogP contribution >= 0.6 is 0 Å². The Kier molecular flexibility index (Phi) is 6.10. The molecule has 1 heterocycles. The number of piperidine rings is 1. The molecule has 20 heavy (non-hydrogen) atoms. The summed E-state index contributed by atoms with van der Waals surface area (Å²) in [7, 11) is 0. The number of hydrogen-bond donors (Lipinski definition) is 1. The Morgan fingerprint density at radius 3 is 2.20 bits per heavy atom. The third-order valence-corrected chi connectivity index (χ3v) is 4.97. The molecule has 0 aromatic heterocycles. The van der Waals surface area contributed by atoms with Gasteiger partial charge in [0, 0.05) is 24.2 Å². The summed E-state index contributed by atoms with van der Waals surface area (Å²) in [6.45, 7) is 21.4. The Labute approximate surface area is 127 Å². The fourth-order valence-electron chi connectivity index (χ4n) is 4.24. The van der Waals surface area contributed by atoms with Crippen molar-refractivity contribution in [2.24, 2.45) is 11.3 Å². The van der Waals surface area contributed by atoms with Crippen LogP contribution in [0.5, 0.6) is 0 Å². The molecule has 2 heteroatoms. The van der Waals surface area contributed by atoms with Gasteiger partial charge < -0.3 is 5.32 Å². The van der Waals surface area contributed by atoms with E-state index < -0.39 is 0 Å². The predicted octanol–water partition coefficient (Wildman–Crippen LogP) is 4.30. The fraction of sp³-hybridized carbons (Fsp3) is 1.00. The molecule has 1 fully saturated rings. The molecular formula is C18H38N2. The van der Waals surface area contributed by atoms with E-state index in [1.54, 1.807) is 0 Å². The first-order valence-corrected chi connectivity index (χ1v) is 8.58. The zero-order valence-corrected chi connectivity index (χ0v) is 15.2. The van der Waals surface area contributed by atoms with Crippen molar-refractivity contribution in [1.29, 1.82) is 0 Å². The Hall–Kier alpha value is -0.0800. The van der Waals surface area contributed by atoms with Gasteiger partial charge in [0.25, 0.3) is 0 Å². The zero-order valence-electron chi connectivity index (χ0n) is 15.2. The molecule has 1 aliphatic rings. The molecule has 3 atom stereocenters. The molecule has 0 radical (unpaired) electrons. The van der Waals surface area contributed by atoms with Crippen molar-refractivity contribution in [2.45, 2.75) is 92.3 Å². The average Bonchev–Trinajstić information content (AvgIpc) is 2.27. The van der Waals surface area contributed by atoms with Gasteiger partial charge in [-0.05, 0) is 57.9 Å². The Bertz CT molecular complexity index is 290. The molecule has 3 unspecified atom stereocenters. The van der Waals surface area contributed by atoms with Crippen molar-refractivity contribution >= 4 is 0 Å². The van der Waals surface area contributed by atoms with Crippen LogP contribution in [0.1, 0.15) is 74.7 Å². The lowest BCUT2D eigenvalue weighted by Crippen LogP contribution is -2.60. The standard InChI is InChI=1S/C18H38N2/c1-9-11-19-16-10-12-20(15(3)14(16)2)18(7,8)13-17(4,5)6/h14-16,19H,9-13H2,1-8H3. The second-order valence-corrected chi connectivity index (χ2v) is 8.69. The lowest BCUT2D eigenvalue weighted by atomic mass is 9.77. The third-order valence-electron chi connectivity index (χ3n) is 4.97. The first-order chi connectivity index (χ1) is 9.08. The lowest BCUT2D eigenvalue weighted by molar-refractivity contribution is -0.0142. The molecule has 1 aliphatic heterocycles. The summed E-state index contributed by atoms with van der Waals surface area (Å²) in [6, 6.07) is 1.36. The zero-order chi connectivity index (χ0) is 15.6. The van der Waals surface area contributed by atoms with Crippen molar-refractivity contribution in [3.8, 4) is 0 Å². The average molecular weight is 283 g/mol. The van der Waals surface area contributed by atoms with Crippen LogP contribution in [0.15, 0.2) is 0 Å². The molecule has 0 aromatic carbocycles. The van der Waals surface area contributed by atoms with Crippen molar-refractivity contribution in [3.05, 3.63) is 0 Å². The predicted molar refractivity (Wildman–Crippen MR) is 90.2 cm³/mol. The molecule has 0 spiro atoms. The molecule has 0 amide bonds. The first-order valence-electron chi connectivity index (χ1n) is 8.58. The topological polar surface area (TPSA) is 15.3 Å². The van der Waals surface area contributed by atoms with Gasteiger partial charge in [0.05, 0.1) is 0 Å². The summed E-state index contributed by atoms with van der Waals surface area (Å²) in [5.41, 5.74) is 0.686. The van der Waals surface area contributed by atoms with Crippen molar-refractivity contribution in [1.82, 2.24) is 10.2 Å². The molecule has 1 rings (SSSR count). The van der Waals surface area contributed by atoms with E-state index in [-0.39, 0.29) is 0 Å². The maximum absolute atomic E-state index is 3.75. The number of nitrogens with zero attached hydrogens (tertiary/aromatic N) is 1. The summed E-state index contributed by atoms with van der Waals surface area (Å²) in [4.78, 5) is 2.76. The highest BCUT2D eigenvalue weighted by Crippen LogP contribution is 2.36.